The van der Waals surface area contributed by atoms with Crippen LogP contribution in [0.4, 0.5) is 13.2 Å². The molecule has 3 unspecified atom stereocenters. The number of fused-ring (bicyclic) bond motifs is 1. The molecule has 1 amide bonds. The van der Waals surface area contributed by atoms with Crippen LogP contribution in [0.1, 0.15) is 19.0 Å². The van der Waals surface area contributed by atoms with E-state index >= 15 is 0 Å². The highest BCUT2D eigenvalue weighted by atomic mass is 35.5. The Kier molecular flexibility index (Phi) is 6.34. The van der Waals surface area contributed by atoms with E-state index in [1.54, 1.807) is 18.2 Å². The van der Waals surface area contributed by atoms with Gasteiger partial charge in [0, 0.05) is 30.9 Å². The van der Waals surface area contributed by atoms with Crippen LogP contribution in [-0.2, 0) is 11.0 Å². The van der Waals surface area contributed by atoms with Gasteiger partial charge in [0.15, 0.2) is 12.3 Å². The van der Waals surface area contributed by atoms with Gasteiger partial charge in [-0.15, -0.1) is 11.6 Å². The van der Waals surface area contributed by atoms with Crippen molar-refractivity contribution in [3.8, 4) is 5.88 Å². The van der Waals surface area contributed by atoms with Crippen LogP contribution in [0.5, 0.6) is 5.88 Å². The molecule has 172 valence electrons. The normalized spacial score (nSPS) is 24.8. The average molecular weight is 470 g/mol. The van der Waals surface area contributed by atoms with Crippen LogP contribution < -0.4 is 15.4 Å². The zero-order valence-corrected chi connectivity index (χ0v) is 18.0. The SMILES string of the molecule is CC1=CC=CC2NC(CNC(=O)COc3cc(C(F)(F)F)nn3C3=CC=CCC3Cl)CN12. The molecule has 3 heterocycles. The summed E-state index contributed by atoms with van der Waals surface area (Å²) < 4.78 is 46.0. The highest BCUT2D eigenvalue weighted by Crippen LogP contribution is 2.34. The van der Waals surface area contributed by atoms with Crippen molar-refractivity contribution in [1.29, 1.82) is 0 Å². The fraction of sp³-hybridized carbons (Fsp3) is 0.429. The highest BCUT2D eigenvalue weighted by Gasteiger charge is 2.36. The Morgan fingerprint density at radius 3 is 2.91 bits per heavy atom. The van der Waals surface area contributed by atoms with E-state index in [2.05, 4.69) is 20.6 Å². The minimum Gasteiger partial charge on any atom is -0.467 e. The number of alkyl halides is 4. The molecular weight excluding hydrogens is 447 g/mol. The van der Waals surface area contributed by atoms with Crippen molar-refractivity contribution >= 4 is 23.2 Å². The number of nitrogens with zero attached hydrogens (tertiary/aromatic N) is 3. The first-order chi connectivity index (χ1) is 15.2. The van der Waals surface area contributed by atoms with Gasteiger partial charge in [0.1, 0.15) is 0 Å². The van der Waals surface area contributed by atoms with E-state index in [1.165, 1.54) is 0 Å². The largest absolute Gasteiger partial charge is 0.467 e. The van der Waals surface area contributed by atoms with Gasteiger partial charge >= 0.3 is 6.18 Å². The second kappa shape index (κ2) is 9.03. The lowest BCUT2D eigenvalue weighted by atomic mass is 10.1. The number of nitrogens with one attached hydrogen (secondary N) is 2. The van der Waals surface area contributed by atoms with E-state index in [0.29, 0.717) is 18.7 Å². The van der Waals surface area contributed by atoms with Gasteiger partial charge in [0.25, 0.3) is 5.91 Å². The third kappa shape index (κ3) is 4.86. The topological polar surface area (TPSA) is 71.4 Å². The van der Waals surface area contributed by atoms with Crippen molar-refractivity contribution in [1.82, 2.24) is 25.3 Å². The zero-order valence-electron chi connectivity index (χ0n) is 17.3. The van der Waals surface area contributed by atoms with E-state index in [1.807, 2.05) is 25.2 Å². The van der Waals surface area contributed by atoms with Gasteiger partial charge in [-0.25, -0.2) is 4.68 Å². The lowest BCUT2D eigenvalue weighted by Gasteiger charge is -2.26. The molecule has 32 heavy (non-hydrogen) atoms. The Labute approximate surface area is 188 Å². The zero-order chi connectivity index (χ0) is 22.9. The predicted molar refractivity (Wildman–Crippen MR) is 114 cm³/mol. The standard InChI is InChI=1S/C21H23ClF3N5O2/c1-13-5-4-8-18-27-14(11-29(13)18)10-26-19(31)12-32-20-9-17(21(23,24)25)28-30(20)16-7-3-2-6-15(16)22/h2-5,7-9,14-15,18,27H,6,10-12H2,1H3,(H,26,31). The monoisotopic (exact) mass is 469 g/mol. The number of rotatable bonds is 6. The molecule has 0 bridgehead atoms. The van der Waals surface area contributed by atoms with Crippen molar-refractivity contribution in [2.75, 3.05) is 19.7 Å². The lowest BCUT2D eigenvalue weighted by Crippen LogP contribution is -2.42. The minimum atomic E-state index is -4.65. The molecule has 2 N–H and O–H groups in total. The third-order valence-corrected chi connectivity index (χ3v) is 5.82. The van der Waals surface area contributed by atoms with Crippen LogP contribution in [0.2, 0.25) is 0 Å². The molecule has 0 radical (unpaired) electrons. The smallest absolute Gasteiger partial charge is 0.435 e. The first kappa shape index (κ1) is 22.5. The number of hydrogen-bond acceptors (Lipinski definition) is 5. The fourth-order valence-corrected chi connectivity index (χ4v) is 4.06. The number of amides is 1. The number of aromatic nitrogens is 2. The number of carbonyl (C=O) groups excluding carboxylic acids is 1. The summed E-state index contributed by atoms with van der Waals surface area (Å²) in [5.41, 5.74) is 0.374. The van der Waals surface area contributed by atoms with Crippen LogP contribution >= 0.6 is 11.6 Å². The molecule has 0 saturated carbocycles. The van der Waals surface area contributed by atoms with Gasteiger partial charge in [0.05, 0.1) is 17.2 Å². The summed E-state index contributed by atoms with van der Waals surface area (Å²) in [7, 11) is 0. The van der Waals surface area contributed by atoms with Gasteiger partial charge in [-0.1, -0.05) is 18.2 Å². The molecule has 3 aliphatic rings. The molecule has 1 fully saturated rings. The molecule has 1 saturated heterocycles. The second-order valence-electron chi connectivity index (χ2n) is 7.75. The Hall–Kier alpha value is -2.72. The maximum absolute atomic E-state index is 13.2. The minimum absolute atomic E-state index is 0.0357. The number of hydrogen-bond donors (Lipinski definition) is 2. The van der Waals surface area contributed by atoms with Crippen molar-refractivity contribution in [3.63, 3.8) is 0 Å². The van der Waals surface area contributed by atoms with Crippen LogP contribution in [0.25, 0.3) is 5.70 Å². The molecular formula is C21H23ClF3N5O2. The summed E-state index contributed by atoms with van der Waals surface area (Å²) in [6.45, 7) is 2.67. The van der Waals surface area contributed by atoms with E-state index in [9.17, 15) is 18.0 Å². The van der Waals surface area contributed by atoms with E-state index < -0.39 is 29.8 Å². The number of carbonyl (C=O) groups is 1. The molecule has 3 atom stereocenters. The average Bonchev–Trinajstić information content (AvgIpc) is 3.36. The lowest BCUT2D eigenvalue weighted by molar-refractivity contribution is -0.141. The van der Waals surface area contributed by atoms with Crippen molar-refractivity contribution in [2.45, 2.75) is 37.1 Å². The highest BCUT2D eigenvalue weighted by molar-refractivity contribution is 6.25. The predicted octanol–water partition coefficient (Wildman–Crippen LogP) is 2.88. The first-order valence-corrected chi connectivity index (χ1v) is 10.6. The molecule has 11 heteroatoms. The van der Waals surface area contributed by atoms with Gasteiger partial charge in [-0.2, -0.15) is 18.3 Å². The number of halogens is 4. The molecule has 1 aromatic heterocycles. The summed E-state index contributed by atoms with van der Waals surface area (Å²) in [4.78, 5) is 14.5. The number of ether oxygens (including phenoxy) is 1. The Bertz CT molecular complexity index is 998. The van der Waals surface area contributed by atoms with Crippen LogP contribution in [0.3, 0.4) is 0 Å². The maximum atomic E-state index is 13.2. The molecule has 1 aromatic rings. The molecule has 0 aromatic carbocycles. The summed E-state index contributed by atoms with van der Waals surface area (Å²) in [5, 5.41) is 9.22. The summed E-state index contributed by atoms with van der Waals surface area (Å²) in [5.74, 6) is -0.637. The van der Waals surface area contributed by atoms with Crippen molar-refractivity contribution < 1.29 is 22.7 Å². The van der Waals surface area contributed by atoms with Crippen LogP contribution in [0.15, 0.2) is 48.2 Å². The first-order valence-electron chi connectivity index (χ1n) is 10.2. The van der Waals surface area contributed by atoms with Crippen molar-refractivity contribution in [3.05, 3.63) is 53.9 Å². The van der Waals surface area contributed by atoms with E-state index in [0.717, 1.165) is 23.0 Å². The summed E-state index contributed by atoms with van der Waals surface area (Å²) in [6, 6.07) is 0.808. The Morgan fingerprint density at radius 1 is 1.38 bits per heavy atom. The Balaban J connectivity index is 1.37. The van der Waals surface area contributed by atoms with Crippen LogP contribution in [-0.4, -0.2) is 57.9 Å². The maximum Gasteiger partial charge on any atom is 0.435 e. The number of allylic oxidation sites excluding steroid dienone is 7. The van der Waals surface area contributed by atoms with Gasteiger partial charge in [-0.05, 0) is 31.6 Å². The van der Waals surface area contributed by atoms with E-state index in [-0.39, 0.29) is 18.1 Å². The fourth-order valence-electron chi connectivity index (χ4n) is 3.79. The molecule has 4 rings (SSSR count). The third-order valence-electron chi connectivity index (χ3n) is 5.42. The quantitative estimate of drug-likeness (QED) is 0.627. The summed E-state index contributed by atoms with van der Waals surface area (Å²) in [6.07, 6.45) is 7.00. The summed E-state index contributed by atoms with van der Waals surface area (Å²) >= 11 is 6.24. The van der Waals surface area contributed by atoms with Gasteiger partial charge in [0.2, 0.25) is 5.88 Å². The van der Waals surface area contributed by atoms with Crippen molar-refractivity contribution in [2.24, 2.45) is 0 Å². The second-order valence-corrected chi connectivity index (χ2v) is 8.27. The molecule has 1 aliphatic carbocycles. The molecule has 0 spiro atoms. The molecule has 2 aliphatic heterocycles. The van der Waals surface area contributed by atoms with Gasteiger partial charge < -0.3 is 15.0 Å². The van der Waals surface area contributed by atoms with Crippen LogP contribution in [0, 0.1) is 0 Å². The van der Waals surface area contributed by atoms with Gasteiger partial charge in [-0.3, -0.25) is 10.1 Å². The molecule has 7 nitrogen and oxygen atoms in total. The van der Waals surface area contributed by atoms with E-state index in [4.69, 9.17) is 16.3 Å². The Morgan fingerprint density at radius 2 is 2.19 bits per heavy atom.